The van der Waals surface area contributed by atoms with Crippen molar-refractivity contribution in [3.63, 3.8) is 0 Å². The molecule has 1 saturated heterocycles. The number of carbonyl (C=O) groups excluding carboxylic acids is 6. The molecular weight excluding hydrogens is 718 g/mol. The Kier molecular flexibility index (Phi) is 18.3. The molecular formula is C41H59N7O8. The van der Waals surface area contributed by atoms with Crippen molar-refractivity contribution in [2.75, 3.05) is 6.54 Å². The van der Waals surface area contributed by atoms with Gasteiger partial charge in [-0.3, -0.25) is 24.0 Å². The van der Waals surface area contributed by atoms with Crippen LogP contribution >= 0.6 is 0 Å². The molecule has 1 aliphatic rings. The fraction of sp³-hybridized carbons (Fsp3) is 0.537. The summed E-state index contributed by atoms with van der Waals surface area (Å²) in [7, 11) is 0. The number of benzene rings is 2. The van der Waals surface area contributed by atoms with E-state index in [0.717, 1.165) is 11.1 Å². The number of aliphatic carboxylic acids is 1. The Hall–Kier alpha value is -5.47. The molecule has 15 heteroatoms. The second-order valence-electron chi connectivity index (χ2n) is 14.6. The van der Waals surface area contributed by atoms with Gasteiger partial charge >= 0.3 is 12.0 Å². The van der Waals surface area contributed by atoms with Gasteiger partial charge in [0, 0.05) is 13.0 Å². The van der Waals surface area contributed by atoms with Crippen LogP contribution in [-0.4, -0.2) is 89.4 Å². The third kappa shape index (κ3) is 14.3. The molecule has 0 radical (unpaired) electrons. The highest BCUT2D eigenvalue weighted by Crippen LogP contribution is 2.14. The van der Waals surface area contributed by atoms with Crippen molar-refractivity contribution in [3.8, 4) is 0 Å². The molecule has 1 heterocycles. The van der Waals surface area contributed by atoms with Gasteiger partial charge in [0.15, 0.2) is 0 Å². The first-order chi connectivity index (χ1) is 26.7. The molecule has 0 bridgehead atoms. The molecule has 0 saturated carbocycles. The molecule has 15 nitrogen and oxygen atoms in total. The number of carboxylic acid groups (broad SMARTS) is 1. The normalized spacial score (nSPS) is 23.5. The number of carbonyl (C=O) groups is 7. The van der Waals surface area contributed by atoms with Gasteiger partial charge in [-0.1, -0.05) is 101 Å². The minimum absolute atomic E-state index is 0.0921. The molecule has 3 rings (SSSR count). The molecule has 8 atom stereocenters. The van der Waals surface area contributed by atoms with Gasteiger partial charge in [-0.15, -0.1) is 0 Å². The van der Waals surface area contributed by atoms with E-state index < -0.39 is 89.6 Å². The van der Waals surface area contributed by atoms with Crippen LogP contribution in [0.25, 0.3) is 0 Å². The van der Waals surface area contributed by atoms with Crippen molar-refractivity contribution in [1.82, 2.24) is 37.2 Å². The number of carboxylic acids is 1. The monoisotopic (exact) mass is 777 g/mol. The Morgan fingerprint density at radius 1 is 0.750 bits per heavy atom. The fourth-order valence-corrected chi connectivity index (χ4v) is 6.28. The van der Waals surface area contributed by atoms with Gasteiger partial charge in [0.1, 0.15) is 36.3 Å². The van der Waals surface area contributed by atoms with E-state index in [9.17, 15) is 38.7 Å². The highest BCUT2D eigenvalue weighted by Gasteiger charge is 2.34. The van der Waals surface area contributed by atoms with E-state index in [1.165, 1.54) is 6.92 Å². The number of urea groups is 1. The van der Waals surface area contributed by atoms with Crippen LogP contribution < -0.4 is 37.2 Å². The van der Waals surface area contributed by atoms with Crippen LogP contribution in [-0.2, 0) is 41.6 Å². The second kappa shape index (κ2) is 22.8. The summed E-state index contributed by atoms with van der Waals surface area (Å²) in [5.74, 6) is -4.97. The Labute approximate surface area is 329 Å². The number of rotatable bonds is 12. The number of nitrogens with one attached hydrogen (secondary N) is 7. The first-order valence-electron chi connectivity index (χ1n) is 19.6. The largest absolute Gasteiger partial charge is 0.480 e. The molecule has 2 aromatic rings. The summed E-state index contributed by atoms with van der Waals surface area (Å²) >= 11 is 0. The maximum Gasteiger partial charge on any atom is 0.326 e. The van der Waals surface area contributed by atoms with Crippen LogP contribution in [0.4, 0.5) is 4.79 Å². The molecule has 2 aromatic carbocycles. The summed E-state index contributed by atoms with van der Waals surface area (Å²) in [5.41, 5.74) is 1.72. The van der Waals surface area contributed by atoms with Crippen LogP contribution in [0.3, 0.4) is 0 Å². The van der Waals surface area contributed by atoms with Gasteiger partial charge in [-0.2, -0.15) is 0 Å². The molecule has 1 fully saturated rings. The minimum Gasteiger partial charge on any atom is -0.480 e. The topological polar surface area (TPSA) is 224 Å². The number of hydrogen-bond donors (Lipinski definition) is 8. The zero-order valence-corrected chi connectivity index (χ0v) is 33.1. The summed E-state index contributed by atoms with van der Waals surface area (Å²) in [4.78, 5) is 93.8. The number of aryl methyl sites for hydroxylation is 1. The molecule has 306 valence electrons. The van der Waals surface area contributed by atoms with Gasteiger partial charge in [-0.25, -0.2) is 9.59 Å². The third-order valence-electron chi connectivity index (χ3n) is 10.3. The van der Waals surface area contributed by atoms with Crippen LogP contribution in [0.2, 0.25) is 0 Å². The highest BCUT2D eigenvalue weighted by molar-refractivity contribution is 5.96. The Morgan fingerprint density at radius 3 is 1.98 bits per heavy atom. The lowest BCUT2D eigenvalue weighted by molar-refractivity contribution is -0.140. The third-order valence-corrected chi connectivity index (χ3v) is 10.3. The van der Waals surface area contributed by atoms with Crippen LogP contribution in [0.1, 0.15) is 84.3 Å². The Balaban J connectivity index is 1.96. The van der Waals surface area contributed by atoms with E-state index in [0.29, 0.717) is 32.1 Å². The predicted octanol–water partition coefficient (Wildman–Crippen LogP) is 2.33. The van der Waals surface area contributed by atoms with Crippen molar-refractivity contribution in [3.05, 3.63) is 71.8 Å². The van der Waals surface area contributed by atoms with Gasteiger partial charge in [0.05, 0.1) is 0 Å². The quantitative estimate of drug-likeness (QED) is 0.159. The van der Waals surface area contributed by atoms with Crippen LogP contribution in [0.15, 0.2) is 60.7 Å². The SMILES string of the molecule is CCC(C)C(NC(=O)NC1CCCCNC(=O)C(Cc2ccccc2)NC(=O)C(C)NC(=O)C(CCc2ccccc2)NC(=O)C(C(C)CC)NC1=O)C(=O)O. The Bertz CT molecular complexity index is 1630. The average Bonchev–Trinajstić information content (AvgIpc) is 3.18. The lowest BCUT2D eigenvalue weighted by Crippen LogP contribution is -2.60. The van der Waals surface area contributed by atoms with Crippen molar-refractivity contribution in [2.24, 2.45) is 11.8 Å². The molecule has 7 amide bonds. The molecule has 1 aliphatic heterocycles. The maximum absolute atomic E-state index is 14.0. The Morgan fingerprint density at radius 2 is 1.38 bits per heavy atom. The smallest absolute Gasteiger partial charge is 0.326 e. The number of amides is 7. The van der Waals surface area contributed by atoms with Crippen molar-refractivity contribution >= 4 is 41.5 Å². The summed E-state index contributed by atoms with van der Waals surface area (Å²) in [6.07, 6.45) is 2.55. The average molecular weight is 778 g/mol. The van der Waals surface area contributed by atoms with Gasteiger partial charge < -0.3 is 42.3 Å². The van der Waals surface area contributed by atoms with E-state index in [-0.39, 0.29) is 25.8 Å². The van der Waals surface area contributed by atoms with E-state index in [4.69, 9.17) is 0 Å². The molecule has 8 unspecified atom stereocenters. The standard InChI is InChI=1S/C41H59N7O8/c1-6-25(3)33-39(53)44-31(22-21-28-16-10-8-11-17-28)37(51)43-27(5)35(49)45-32(24-29-18-12-9-13-19-29)36(50)42-23-15-14-20-30(38(52)47-33)46-41(56)48-34(40(54)55)26(4)7-2/h8-13,16-19,25-27,30-34H,6-7,14-15,20-24H2,1-5H3,(H,42,50)(H,43,51)(H,44,53)(H,45,49)(H,47,52)(H,54,55)(H2,46,48,56). The van der Waals surface area contributed by atoms with Crippen molar-refractivity contribution < 1.29 is 38.7 Å². The molecule has 0 aliphatic carbocycles. The minimum atomic E-state index is -1.22. The van der Waals surface area contributed by atoms with Crippen LogP contribution in [0, 0.1) is 11.8 Å². The maximum atomic E-state index is 14.0. The van der Waals surface area contributed by atoms with Gasteiger partial charge in [-0.05, 0) is 62.0 Å². The van der Waals surface area contributed by atoms with E-state index >= 15 is 0 Å². The first kappa shape index (κ1) is 44.9. The van der Waals surface area contributed by atoms with Gasteiger partial charge in [0.25, 0.3) is 0 Å². The van der Waals surface area contributed by atoms with E-state index in [1.807, 2.05) is 67.6 Å². The second-order valence-corrected chi connectivity index (χ2v) is 14.6. The summed E-state index contributed by atoms with van der Waals surface area (Å²) in [5, 5.41) is 28.7. The van der Waals surface area contributed by atoms with Crippen molar-refractivity contribution in [1.29, 1.82) is 0 Å². The predicted molar refractivity (Wildman–Crippen MR) is 211 cm³/mol. The molecule has 56 heavy (non-hydrogen) atoms. The van der Waals surface area contributed by atoms with Crippen molar-refractivity contribution in [2.45, 2.75) is 122 Å². The van der Waals surface area contributed by atoms with Gasteiger partial charge in [0.2, 0.25) is 29.5 Å². The summed E-state index contributed by atoms with van der Waals surface area (Å²) in [6.45, 7) is 8.80. The fourth-order valence-electron chi connectivity index (χ4n) is 6.28. The number of hydrogen-bond acceptors (Lipinski definition) is 7. The lowest BCUT2D eigenvalue weighted by atomic mass is 9.96. The molecule has 0 aromatic heterocycles. The molecule has 0 spiro atoms. The summed E-state index contributed by atoms with van der Waals surface area (Å²) in [6, 6.07) is 11.0. The summed E-state index contributed by atoms with van der Waals surface area (Å²) < 4.78 is 0. The first-order valence-corrected chi connectivity index (χ1v) is 19.6. The zero-order chi connectivity index (χ0) is 41.2. The van der Waals surface area contributed by atoms with E-state index in [2.05, 4.69) is 37.2 Å². The zero-order valence-electron chi connectivity index (χ0n) is 33.1. The van der Waals surface area contributed by atoms with E-state index in [1.54, 1.807) is 20.8 Å². The van der Waals surface area contributed by atoms with Crippen LogP contribution in [0.5, 0.6) is 0 Å². The lowest BCUT2D eigenvalue weighted by Gasteiger charge is -2.29. The highest BCUT2D eigenvalue weighted by atomic mass is 16.4. The molecule has 8 N–H and O–H groups in total.